The van der Waals surface area contributed by atoms with Crippen LogP contribution < -0.4 is 0 Å². The molecule has 51 heavy (non-hydrogen) atoms. The summed E-state index contributed by atoms with van der Waals surface area (Å²) in [7, 11) is 0. The van der Waals surface area contributed by atoms with E-state index in [1.807, 2.05) is 6.07 Å². The van der Waals surface area contributed by atoms with E-state index in [-0.39, 0.29) is 0 Å². The molecule has 2 heteroatoms. The lowest BCUT2D eigenvalue weighted by Crippen LogP contribution is -2.28. The van der Waals surface area contributed by atoms with Gasteiger partial charge in [0.15, 0.2) is 0 Å². The molecule has 0 saturated carbocycles. The smallest absolute Gasteiger partial charge is 0.0792 e. The Morgan fingerprint density at radius 3 is 2.02 bits per heavy atom. The molecule has 1 heterocycles. The molecule has 10 rings (SSSR count). The third kappa shape index (κ3) is 4.56. The zero-order valence-electron chi connectivity index (χ0n) is 27.6. The predicted molar refractivity (Wildman–Crippen MR) is 214 cm³/mol. The molecule has 0 N–H and O–H groups in total. The van der Waals surface area contributed by atoms with Crippen molar-refractivity contribution in [3.05, 3.63) is 221 Å². The summed E-state index contributed by atoms with van der Waals surface area (Å²) < 4.78 is 3.52. The lowest BCUT2D eigenvalue weighted by atomic mass is 9.68. The van der Waals surface area contributed by atoms with Crippen molar-refractivity contribution in [1.82, 2.24) is 4.57 Å². The monoisotopic (exact) mass is 711 g/mol. The largest absolute Gasteiger partial charge is 0.309 e. The number of fused-ring (bicyclic) bond motifs is 6. The first kappa shape index (κ1) is 29.7. The highest BCUT2D eigenvalue weighted by Crippen LogP contribution is 2.56. The minimum Gasteiger partial charge on any atom is -0.309 e. The van der Waals surface area contributed by atoms with Gasteiger partial charge in [0, 0.05) is 26.5 Å². The molecule has 0 saturated heterocycles. The van der Waals surface area contributed by atoms with Crippen LogP contribution in [-0.2, 0) is 5.41 Å². The number of aromatic nitrogens is 1. The third-order valence-electron chi connectivity index (χ3n) is 10.6. The molecule has 0 radical (unpaired) electrons. The molecule has 238 valence electrons. The lowest BCUT2D eigenvalue weighted by Gasteiger charge is -2.32. The molecule has 0 bridgehead atoms. The van der Waals surface area contributed by atoms with Crippen LogP contribution in [0.3, 0.4) is 0 Å². The average Bonchev–Trinajstić information content (AvgIpc) is 3.69. The molecule has 1 aromatic heterocycles. The van der Waals surface area contributed by atoms with Crippen LogP contribution in [0.1, 0.15) is 22.3 Å². The Kier molecular flexibility index (Phi) is 6.85. The van der Waals surface area contributed by atoms with Crippen LogP contribution >= 0.6 is 15.9 Å². The van der Waals surface area contributed by atoms with Crippen molar-refractivity contribution < 1.29 is 0 Å². The molecule has 1 aliphatic carbocycles. The number of benzene rings is 7. The van der Waals surface area contributed by atoms with Gasteiger partial charge in [0.05, 0.1) is 16.4 Å². The van der Waals surface area contributed by atoms with E-state index in [4.69, 9.17) is 0 Å². The normalized spacial score (nSPS) is 12.8. The number of para-hydroxylation sites is 1. The summed E-state index contributed by atoms with van der Waals surface area (Å²) in [6.07, 6.45) is 0. The number of nitrogens with zero attached hydrogens (tertiary/aromatic N) is 1. The summed E-state index contributed by atoms with van der Waals surface area (Å²) in [6, 6.07) is 72.9. The van der Waals surface area contributed by atoms with Crippen molar-refractivity contribution >= 4 is 37.7 Å². The zero-order chi connectivity index (χ0) is 33.9. The van der Waals surface area contributed by atoms with Gasteiger partial charge in [0.2, 0.25) is 0 Å². The van der Waals surface area contributed by atoms with E-state index in [0.29, 0.717) is 0 Å². The van der Waals surface area contributed by atoms with Crippen LogP contribution in [0, 0.1) is 12.1 Å². The van der Waals surface area contributed by atoms with Crippen LogP contribution in [0.4, 0.5) is 0 Å². The maximum atomic E-state index is 3.57. The fourth-order valence-corrected chi connectivity index (χ4v) is 8.64. The maximum Gasteiger partial charge on any atom is 0.0792 e. The zero-order valence-corrected chi connectivity index (χ0v) is 29.2. The fraction of sp³-hybridized carbons (Fsp3) is 0.0204. The molecule has 1 aliphatic rings. The van der Waals surface area contributed by atoms with Crippen molar-refractivity contribution in [3.63, 3.8) is 0 Å². The molecular weight excluding hydrogens is 682 g/mol. The standard InChI is InChI=1S/C49H30BrN/c50-39-25-22-33(23-26-39)34-12-11-13-35(30-34)36-24-29-48-44(31-36)42-19-8-10-21-47(42)51(48)40-27-28-46-43(32-40)41-18-7-9-20-45(41)49(46,37-14-3-1-4-15-37)38-16-5-2-6-17-38/h1-5,7-16,18-32H. The van der Waals surface area contributed by atoms with Gasteiger partial charge in [-0.05, 0) is 111 Å². The first-order chi connectivity index (χ1) is 25.2. The molecule has 0 amide bonds. The summed E-state index contributed by atoms with van der Waals surface area (Å²) >= 11 is 3.57. The van der Waals surface area contributed by atoms with Crippen molar-refractivity contribution in [2.45, 2.75) is 5.41 Å². The topological polar surface area (TPSA) is 4.93 Å². The maximum absolute atomic E-state index is 3.57. The summed E-state index contributed by atoms with van der Waals surface area (Å²) in [5.74, 6) is 0. The molecule has 0 aliphatic heterocycles. The van der Waals surface area contributed by atoms with Crippen molar-refractivity contribution in [3.8, 4) is 39.1 Å². The molecule has 1 nitrogen and oxygen atoms in total. The SMILES string of the molecule is Brc1ccc(-c2cccc(-c3ccc4c(c3)c3ccccc3n4-c3ccc4c(c3)-c3ccccc3C4(c3c#cccc3)c3ccccc3)c2)cc1. The second kappa shape index (κ2) is 11.7. The van der Waals surface area contributed by atoms with E-state index in [0.717, 1.165) is 15.7 Å². The van der Waals surface area contributed by atoms with Gasteiger partial charge >= 0.3 is 0 Å². The molecular formula is C49H30BrN. The molecule has 0 fully saturated rings. The molecule has 8 aromatic carbocycles. The van der Waals surface area contributed by atoms with Gasteiger partial charge in [-0.25, -0.2) is 0 Å². The van der Waals surface area contributed by atoms with E-state index in [9.17, 15) is 0 Å². The second-order valence-electron chi connectivity index (χ2n) is 13.3. The van der Waals surface area contributed by atoms with E-state index >= 15 is 0 Å². The quantitative estimate of drug-likeness (QED) is 0.167. The van der Waals surface area contributed by atoms with Gasteiger partial charge in [-0.1, -0.05) is 149 Å². The van der Waals surface area contributed by atoms with Gasteiger partial charge in [-0.15, -0.1) is 0 Å². The van der Waals surface area contributed by atoms with Crippen molar-refractivity contribution in [2.24, 2.45) is 0 Å². The molecule has 0 spiro atoms. The average molecular weight is 713 g/mol. The Balaban J connectivity index is 1.17. The highest BCUT2D eigenvalue weighted by atomic mass is 79.9. The summed E-state index contributed by atoms with van der Waals surface area (Å²) in [4.78, 5) is 0. The summed E-state index contributed by atoms with van der Waals surface area (Å²) in [5, 5.41) is 2.48. The lowest BCUT2D eigenvalue weighted by molar-refractivity contribution is 0.769. The highest BCUT2D eigenvalue weighted by Gasteiger charge is 2.46. The van der Waals surface area contributed by atoms with E-state index in [1.54, 1.807) is 0 Å². The number of hydrogen-bond donors (Lipinski definition) is 0. The van der Waals surface area contributed by atoms with Gasteiger partial charge in [-0.2, -0.15) is 0 Å². The summed E-state index contributed by atoms with van der Waals surface area (Å²) in [5.41, 5.74) is 15.2. The number of halogens is 1. The van der Waals surface area contributed by atoms with E-state index in [2.05, 4.69) is 209 Å². The highest BCUT2D eigenvalue weighted by molar-refractivity contribution is 9.10. The molecule has 1 atom stereocenters. The first-order valence-corrected chi connectivity index (χ1v) is 18.1. The van der Waals surface area contributed by atoms with Gasteiger partial charge in [-0.3, -0.25) is 0 Å². The fourth-order valence-electron chi connectivity index (χ4n) is 8.38. The molecule has 9 aromatic rings. The van der Waals surface area contributed by atoms with E-state index in [1.165, 1.54) is 71.9 Å². The second-order valence-corrected chi connectivity index (χ2v) is 14.2. The van der Waals surface area contributed by atoms with E-state index < -0.39 is 5.41 Å². The van der Waals surface area contributed by atoms with Crippen LogP contribution in [-0.4, -0.2) is 4.57 Å². The van der Waals surface area contributed by atoms with Crippen LogP contribution in [0.25, 0.3) is 60.9 Å². The number of hydrogen-bond acceptors (Lipinski definition) is 0. The Bertz CT molecular complexity index is 2700. The van der Waals surface area contributed by atoms with Crippen molar-refractivity contribution in [1.29, 1.82) is 0 Å². The Morgan fingerprint density at radius 1 is 0.471 bits per heavy atom. The first-order valence-electron chi connectivity index (χ1n) is 17.3. The van der Waals surface area contributed by atoms with Gasteiger partial charge in [0.1, 0.15) is 0 Å². The Labute approximate surface area is 306 Å². The number of rotatable bonds is 5. The minimum absolute atomic E-state index is 0.496. The predicted octanol–water partition coefficient (Wildman–Crippen LogP) is 12.8. The Hall–Kier alpha value is -6.14. The van der Waals surface area contributed by atoms with Crippen LogP contribution in [0.5, 0.6) is 0 Å². The van der Waals surface area contributed by atoms with Gasteiger partial charge in [0.25, 0.3) is 0 Å². The van der Waals surface area contributed by atoms with Gasteiger partial charge < -0.3 is 4.57 Å². The Morgan fingerprint density at radius 2 is 1.18 bits per heavy atom. The van der Waals surface area contributed by atoms with Crippen LogP contribution in [0.2, 0.25) is 0 Å². The van der Waals surface area contributed by atoms with Crippen molar-refractivity contribution in [2.75, 3.05) is 0 Å². The van der Waals surface area contributed by atoms with Crippen LogP contribution in [0.15, 0.2) is 186 Å². The molecule has 1 unspecified atom stereocenters. The minimum atomic E-state index is -0.496. The summed E-state index contributed by atoms with van der Waals surface area (Å²) in [6.45, 7) is 0. The third-order valence-corrected chi connectivity index (χ3v) is 11.1.